The Morgan fingerprint density at radius 2 is 1.29 bits per heavy atom. The summed E-state index contributed by atoms with van der Waals surface area (Å²) < 4.78 is 5.59. The van der Waals surface area contributed by atoms with Gasteiger partial charge < -0.3 is 20.0 Å². The van der Waals surface area contributed by atoms with Gasteiger partial charge in [-0.1, -0.05) is 12.1 Å². The van der Waals surface area contributed by atoms with E-state index in [0.29, 0.717) is 22.7 Å². The van der Waals surface area contributed by atoms with Crippen molar-refractivity contribution in [1.29, 1.82) is 0 Å². The molecule has 0 saturated heterocycles. The van der Waals surface area contributed by atoms with E-state index in [4.69, 9.17) is 4.74 Å². The van der Waals surface area contributed by atoms with E-state index < -0.39 is 10.9 Å². The van der Waals surface area contributed by atoms with Crippen molar-refractivity contribution >= 4 is 23.3 Å². The summed E-state index contributed by atoms with van der Waals surface area (Å²) in [5, 5.41) is 24.0. The van der Waals surface area contributed by atoms with Crippen LogP contribution in [0.1, 0.15) is 20.7 Å². The lowest BCUT2D eigenvalue weighted by atomic mass is 10.1. The molecule has 0 saturated carbocycles. The highest BCUT2D eigenvalue weighted by Gasteiger charge is 2.08. The van der Waals surface area contributed by atoms with Gasteiger partial charge in [0.05, 0.1) is 10.9 Å². The van der Waals surface area contributed by atoms with Gasteiger partial charge >= 0.3 is 0 Å². The summed E-state index contributed by atoms with van der Waals surface area (Å²) in [6, 6.07) is 17.6. The lowest BCUT2D eigenvalue weighted by Gasteiger charge is -2.09. The van der Waals surface area contributed by atoms with E-state index in [9.17, 15) is 24.8 Å². The van der Waals surface area contributed by atoms with Gasteiger partial charge in [0.2, 0.25) is 0 Å². The highest BCUT2D eigenvalue weighted by atomic mass is 16.6. The molecular formula is C20H13N2O6-. The number of benzene rings is 3. The minimum atomic E-state index is -1.29. The minimum Gasteiger partial charge on any atom is -0.545 e. The van der Waals surface area contributed by atoms with E-state index >= 15 is 0 Å². The predicted octanol–water partition coefficient (Wildman–Crippen LogP) is 3.00. The first kappa shape index (κ1) is 18.6. The van der Waals surface area contributed by atoms with Crippen LogP contribution >= 0.6 is 0 Å². The Morgan fingerprint density at radius 1 is 0.786 bits per heavy atom. The predicted molar refractivity (Wildman–Crippen MR) is 98.3 cm³/mol. The van der Waals surface area contributed by atoms with Crippen LogP contribution < -0.4 is 15.2 Å². The maximum absolute atomic E-state index is 12.3. The molecule has 1 N–H and O–H groups in total. The van der Waals surface area contributed by atoms with Crippen LogP contribution in [0.5, 0.6) is 11.5 Å². The fourth-order valence-electron chi connectivity index (χ4n) is 2.34. The van der Waals surface area contributed by atoms with Crippen molar-refractivity contribution in [1.82, 2.24) is 0 Å². The lowest BCUT2D eigenvalue weighted by Crippen LogP contribution is -2.22. The van der Waals surface area contributed by atoms with Gasteiger partial charge in [-0.15, -0.1) is 0 Å². The third-order valence-electron chi connectivity index (χ3n) is 3.78. The van der Waals surface area contributed by atoms with Gasteiger partial charge in [-0.3, -0.25) is 14.9 Å². The Balaban J connectivity index is 1.63. The summed E-state index contributed by atoms with van der Waals surface area (Å²) >= 11 is 0. The first-order valence-electron chi connectivity index (χ1n) is 8.07. The first-order valence-corrected chi connectivity index (χ1v) is 8.07. The summed E-state index contributed by atoms with van der Waals surface area (Å²) in [5.41, 5.74) is 0.805. The van der Waals surface area contributed by atoms with Crippen molar-refractivity contribution in [3.8, 4) is 11.5 Å². The second-order valence-electron chi connectivity index (χ2n) is 5.70. The fraction of sp³-hybridized carbons (Fsp3) is 0. The van der Waals surface area contributed by atoms with Crippen LogP contribution in [0.2, 0.25) is 0 Å². The quantitative estimate of drug-likeness (QED) is 0.520. The van der Waals surface area contributed by atoms with Crippen molar-refractivity contribution in [2.45, 2.75) is 0 Å². The van der Waals surface area contributed by atoms with Gasteiger partial charge in [0.15, 0.2) is 0 Å². The molecule has 0 aliphatic rings. The molecule has 28 heavy (non-hydrogen) atoms. The molecule has 3 aromatic rings. The zero-order chi connectivity index (χ0) is 20.1. The number of nitrogens with one attached hydrogen (secondary N) is 1. The molecule has 0 aromatic heterocycles. The van der Waals surface area contributed by atoms with Gasteiger partial charge in [0.1, 0.15) is 11.5 Å². The number of hydrogen-bond acceptors (Lipinski definition) is 6. The van der Waals surface area contributed by atoms with Crippen LogP contribution in [0, 0.1) is 10.1 Å². The molecule has 8 heteroatoms. The molecule has 0 spiro atoms. The van der Waals surface area contributed by atoms with E-state index in [1.165, 1.54) is 48.5 Å². The molecule has 0 unspecified atom stereocenters. The monoisotopic (exact) mass is 377 g/mol. The maximum atomic E-state index is 12.3. The molecule has 0 aliphatic heterocycles. The molecule has 3 rings (SSSR count). The van der Waals surface area contributed by atoms with E-state index in [2.05, 4.69) is 5.32 Å². The van der Waals surface area contributed by atoms with E-state index in [-0.39, 0.29) is 17.2 Å². The smallest absolute Gasteiger partial charge is 0.269 e. The summed E-state index contributed by atoms with van der Waals surface area (Å²) in [7, 11) is 0. The van der Waals surface area contributed by atoms with Crippen molar-refractivity contribution in [3.63, 3.8) is 0 Å². The number of rotatable bonds is 6. The van der Waals surface area contributed by atoms with Crippen molar-refractivity contribution in [3.05, 3.63) is 94.0 Å². The number of amides is 1. The number of nitro benzene ring substituents is 1. The molecule has 0 atom stereocenters. The number of carboxylic acid groups (broad SMARTS) is 1. The zero-order valence-corrected chi connectivity index (χ0v) is 14.3. The first-order chi connectivity index (χ1) is 13.4. The van der Waals surface area contributed by atoms with Crippen LogP contribution in [0.25, 0.3) is 0 Å². The van der Waals surface area contributed by atoms with Crippen molar-refractivity contribution < 1.29 is 24.4 Å². The van der Waals surface area contributed by atoms with Crippen LogP contribution in [-0.2, 0) is 0 Å². The Morgan fingerprint density at radius 3 is 1.79 bits per heavy atom. The Bertz CT molecular complexity index is 1010. The number of nitro groups is 1. The Labute approximate surface area is 159 Å². The van der Waals surface area contributed by atoms with Crippen LogP contribution in [0.4, 0.5) is 11.4 Å². The largest absolute Gasteiger partial charge is 0.545 e. The molecule has 0 heterocycles. The normalized spacial score (nSPS) is 10.1. The van der Waals surface area contributed by atoms with Crippen molar-refractivity contribution in [2.24, 2.45) is 0 Å². The molecular weight excluding hydrogens is 364 g/mol. The average molecular weight is 377 g/mol. The molecule has 0 radical (unpaired) electrons. The summed E-state index contributed by atoms with van der Waals surface area (Å²) in [6.07, 6.45) is 0. The third kappa shape index (κ3) is 4.50. The molecule has 1 amide bonds. The Kier molecular flexibility index (Phi) is 5.31. The van der Waals surface area contributed by atoms with Gasteiger partial charge in [-0.25, -0.2) is 0 Å². The number of carbonyl (C=O) groups is 2. The summed E-state index contributed by atoms with van der Waals surface area (Å²) in [6.45, 7) is 0. The second kappa shape index (κ2) is 8.00. The number of carbonyl (C=O) groups excluding carboxylic acids is 2. The number of anilines is 1. The summed E-state index contributed by atoms with van der Waals surface area (Å²) in [4.78, 5) is 33.1. The molecule has 0 fully saturated rings. The van der Waals surface area contributed by atoms with Crippen LogP contribution in [0.15, 0.2) is 72.8 Å². The minimum absolute atomic E-state index is 0.0192. The van der Waals surface area contributed by atoms with Gasteiger partial charge in [0.25, 0.3) is 11.6 Å². The standard InChI is InChI=1S/C20H14N2O6/c23-19(21-15-5-1-14(2-6-15)20(24)25)13-3-9-17(10-4-13)28-18-11-7-16(8-12-18)22(26)27/h1-12H,(H,21,23)(H,24,25)/p-1. The molecule has 140 valence electrons. The van der Waals surface area contributed by atoms with E-state index in [1.807, 2.05) is 0 Å². The highest BCUT2D eigenvalue weighted by Crippen LogP contribution is 2.24. The molecule has 0 bridgehead atoms. The number of nitrogens with zero attached hydrogens (tertiary/aromatic N) is 1. The van der Waals surface area contributed by atoms with Crippen LogP contribution in [-0.4, -0.2) is 16.8 Å². The third-order valence-corrected chi connectivity index (χ3v) is 3.78. The SMILES string of the molecule is O=C([O-])c1ccc(NC(=O)c2ccc(Oc3ccc([N+](=O)[O-])cc3)cc2)cc1. The number of carboxylic acids is 1. The van der Waals surface area contributed by atoms with E-state index in [0.717, 1.165) is 0 Å². The highest BCUT2D eigenvalue weighted by molar-refractivity contribution is 6.04. The zero-order valence-electron chi connectivity index (χ0n) is 14.3. The lowest BCUT2D eigenvalue weighted by molar-refractivity contribution is -0.384. The molecule has 3 aromatic carbocycles. The topological polar surface area (TPSA) is 122 Å². The number of ether oxygens (including phenoxy) is 1. The Hall–Kier alpha value is -4.20. The number of hydrogen-bond donors (Lipinski definition) is 1. The molecule has 0 aliphatic carbocycles. The number of aromatic carboxylic acids is 1. The van der Waals surface area contributed by atoms with Crippen molar-refractivity contribution in [2.75, 3.05) is 5.32 Å². The molecule has 8 nitrogen and oxygen atoms in total. The van der Waals surface area contributed by atoms with Gasteiger partial charge in [0, 0.05) is 23.4 Å². The number of non-ortho nitro benzene ring substituents is 1. The summed E-state index contributed by atoms with van der Waals surface area (Å²) in [5.74, 6) is -0.774. The van der Waals surface area contributed by atoms with E-state index in [1.54, 1.807) is 24.3 Å². The second-order valence-corrected chi connectivity index (χ2v) is 5.70. The fourth-order valence-corrected chi connectivity index (χ4v) is 2.34. The van der Waals surface area contributed by atoms with Crippen LogP contribution in [0.3, 0.4) is 0 Å². The van der Waals surface area contributed by atoms with Gasteiger partial charge in [-0.2, -0.15) is 0 Å². The average Bonchev–Trinajstić information content (AvgIpc) is 2.69. The maximum Gasteiger partial charge on any atom is 0.269 e. The van der Waals surface area contributed by atoms with Gasteiger partial charge in [-0.05, 0) is 54.1 Å².